The number of hydrogen-bond donors (Lipinski definition) is 0. The minimum Gasteiger partial charge on any atom is -0.497 e. The van der Waals surface area contributed by atoms with Crippen LogP contribution in [0.4, 0.5) is 13.2 Å². The van der Waals surface area contributed by atoms with Crippen LogP contribution in [0, 0.1) is 0 Å². The van der Waals surface area contributed by atoms with E-state index in [0.717, 1.165) is 6.07 Å². The fourth-order valence-corrected chi connectivity index (χ4v) is 1.56. The molecule has 7 heteroatoms. The van der Waals surface area contributed by atoms with Gasteiger partial charge in [-0.25, -0.2) is 0 Å². The lowest BCUT2D eigenvalue weighted by molar-refractivity contribution is -0.274. The Hall–Kier alpha value is -1.92. The van der Waals surface area contributed by atoms with Crippen LogP contribution >= 0.6 is 0 Å². The highest BCUT2D eigenvalue weighted by atomic mass is 19.4. The van der Waals surface area contributed by atoms with Gasteiger partial charge in [0.15, 0.2) is 0 Å². The summed E-state index contributed by atoms with van der Waals surface area (Å²) in [7, 11) is 1.34. The van der Waals surface area contributed by atoms with Crippen LogP contribution in [-0.4, -0.2) is 26.0 Å². The second kappa shape index (κ2) is 7.02. The molecule has 0 aliphatic rings. The quantitative estimate of drug-likeness (QED) is 0.756. The molecule has 0 unspecified atom stereocenters. The van der Waals surface area contributed by atoms with E-state index in [1.54, 1.807) is 6.92 Å². The van der Waals surface area contributed by atoms with Gasteiger partial charge in [0.1, 0.15) is 11.5 Å². The SMILES string of the molecule is CCOC(=O)CCc1ccc(OC)cc1OC(F)(F)F. The Morgan fingerprint density at radius 3 is 2.55 bits per heavy atom. The molecule has 0 amide bonds. The van der Waals surface area contributed by atoms with Crippen LogP contribution in [-0.2, 0) is 16.0 Å². The van der Waals surface area contributed by atoms with Gasteiger partial charge in [0.2, 0.25) is 0 Å². The lowest BCUT2D eigenvalue weighted by atomic mass is 10.1. The Balaban J connectivity index is 2.85. The topological polar surface area (TPSA) is 44.8 Å². The van der Waals surface area contributed by atoms with Crippen molar-refractivity contribution in [2.75, 3.05) is 13.7 Å². The zero-order valence-electron chi connectivity index (χ0n) is 11.1. The summed E-state index contributed by atoms with van der Waals surface area (Å²) in [5.74, 6) is -0.605. The van der Waals surface area contributed by atoms with Crippen molar-refractivity contribution in [3.8, 4) is 11.5 Å². The Morgan fingerprint density at radius 1 is 1.30 bits per heavy atom. The maximum absolute atomic E-state index is 12.3. The highest BCUT2D eigenvalue weighted by molar-refractivity contribution is 5.69. The van der Waals surface area contributed by atoms with Crippen molar-refractivity contribution in [1.29, 1.82) is 0 Å². The molecule has 0 bridgehead atoms. The summed E-state index contributed by atoms with van der Waals surface area (Å²) >= 11 is 0. The van der Waals surface area contributed by atoms with Crippen molar-refractivity contribution in [2.24, 2.45) is 0 Å². The molecule has 1 aromatic carbocycles. The van der Waals surface area contributed by atoms with Crippen molar-refractivity contribution in [3.63, 3.8) is 0 Å². The number of hydrogen-bond acceptors (Lipinski definition) is 4. The lowest BCUT2D eigenvalue weighted by Crippen LogP contribution is -2.18. The van der Waals surface area contributed by atoms with Gasteiger partial charge >= 0.3 is 12.3 Å². The van der Waals surface area contributed by atoms with Crippen molar-refractivity contribution in [3.05, 3.63) is 23.8 Å². The monoisotopic (exact) mass is 292 g/mol. The van der Waals surface area contributed by atoms with Gasteiger partial charge in [-0.15, -0.1) is 13.2 Å². The van der Waals surface area contributed by atoms with E-state index in [1.807, 2.05) is 0 Å². The maximum atomic E-state index is 12.3. The van der Waals surface area contributed by atoms with Crippen LogP contribution in [0.2, 0.25) is 0 Å². The number of carbonyl (C=O) groups is 1. The Bertz CT molecular complexity index is 457. The van der Waals surface area contributed by atoms with E-state index >= 15 is 0 Å². The highest BCUT2D eigenvalue weighted by Crippen LogP contribution is 2.30. The van der Waals surface area contributed by atoms with E-state index < -0.39 is 12.3 Å². The number of halogens is 3. The minimum absolute atomic E-state index is 0.0195. The number of rotatable bonds is 6. The molecule has 0 saturated heterocycles. The van der Waals surface area contributed by atoms with Gasteiger partial charge in [0.25, 0.3) is 0 Å². The number of aryl methyl sites for hydroxylation is 1. The Labute approximate surface area is 114 Å². The zero-order chi connectivity index (χ0) is 15.2. The molecule has 0 spiro atoms. The molecule has 0 N–H and O–H groups in total. The summed E-state index contributed by atoms with van der Waals surface area (Å²) < 4.78 is 50.5. The van der Waals surface area contributed by atoms with Crippen LogP contribution in [0.1, 0.15) is 18.9 Å². The van der Waals surface area contributed by atoms with Gasteiger partial charge < -0.3 is 14.2 Å². The third-order valence-corrected chi connectivity index (χ3v) is 2.40. The molecule has 0 heterocycles. The van der Waals surface area contributed by atoms with Crippen molar-refractivity contribution in [2.45, 2.75) is 26.1 Å². The molecule has 0 aliphatic heterocycles. The van der Waals surface area contributed by atoms with Gasteiger partial charge in [0, 0.05) is 12.5 Å². The van der Waals surface area contributed by atoms with E-state index in [1.165, 1.54) is 19.2 Å². The standard InChI is InChI=1S/C13H15F3O4/c1-3-19-12(17)7-5-9-4-6-10(18-2)8-11(9)20-13(14,15)16/h4,6,8H,3,5,7H2,1-2H3. The number of ether oxygens (including phenoxy) is 3. The van der Waals surface area contributed by atoms with E-state index in [4.69, 9.17) is 9.47 Å². The molecule has 1 aromatic rings. The fourth-order valence-electron chi connectivity index (χ4n) is 1.56. The van der Waals surface area contributed by atoms with Crippen LogP contribution in [0.3, 0.4) is 0 Å². The van der Waals surface area contributed by atoms with Crippen LogP contribution in [0.15, 0.2) is 18.2 Å². The molecule has 0 saturated carbocycles. The molecule has 4 nitrogen and oxygen atoms in total. The summed E-state index contributed by atoms with van der Waals surface area (Å²) in [4.78, 5) is 11.2. The summed E-state index contributed by atoms with van der Waals surface area (Å²) in [6, 6.07) is 4.07. The number of methoxy groups -OCH3 is 1. The molecule has 0 radical (unpaired) electrons. The van der Waals surface area contributed by atoms with E-state index in [2.05, 4.69) is 4.74 Å². The van der Waals surface area contributed by atoms with Crippen molar-refractivity contribution < 1.29 is 32.2 Å². The molecule has 0 aromatic heterocycles. The van der Waals surface area contributed by atoms with E-state index in [9.17, 15) is 18.0 Å². The predicted molar refractivity (Wildman–Crippen MR) is 64.6 cm³/mol. The summed E-state index contributed by atoms with van der Waals surface area (Å²) in [6.07, 6.45) is -4.73. The first-order chi connectivity index (χ1) is 9.35. The Morgan fingerprint density at radius 2 is 2.00 bits per heavy atom. The largest absolute Gasteiger partial charge is 0.573 e. The molecule has 20 heavy (non-hydrogen) atoms. The maximum Gasteiger partial charge on any atom is 0.573 e. The van der Waals surface area contributed by atoms with E-state index in [-0.39, 0.29) is 36.5 Å². The lowest BCUT2D eigenvalue weighted by Gasteiger charge is -2.14. The normalized spacial score (nSPS) is 11.1. The highest BCUT2D eigenvalue weighted by Gasteiger charge is 2.32. The van der Waals surface area contributed by atoms with Crippen molar-refractivity contribution >= 4 is 5.97 Å². The summed E-state index contributed by atoms with van der Waals surface area (Å²) in [6.45, 7) is 1.89. The van der Waals surface area contributed by atoms with Crippen LogP contribution in [0.25, 0.3) is 0 Å². The minimum atomic E-state index is -4.80. The van der Waals surface area contributed by atoms with Crippen LogP contribution < -0.4 is 9.47 Å². The average molecular weight is 292 g/mol. The first kappa shape index (κ1) is 16.1. The van der Waals surface area contributed by atoms with Gasteiger partial charge in [-0.05, 0) is 25.0 Å². The molecule has 0 fully saturated rings. The molecule has 112 valence electrons. The zero-order valence-corrected chi connectivity index (χ0v) is 11.1. The number of alkyl halides is 3. The van der Waals surface area contributed by atoms with Crippen molar-refractivity contribution in [1.82, 2.24) is 0 Å². The van der Waals surface area contributed by atoms with E-state index in [0.29, 0.717) is 0 Å². The van der Waals surface area contributed by atoms with Gasteiger partial charge in [-0.2, -0.15) is 0 Å². The second-order valence-electron chi connectivity index (χ2n) is 3.83. The number of benzene rings is 1. The number of esters is 1. The third kappa shape index (κ3) is 5.38. The van der Waals surface area contributed by atoms with Gasteiger partial charge in [0.05, 0.1) is 13.7 Å². The molecular weight excluding hydrogens is 277 g/mol. The molecule has 0 atom stereocenters. The van der Waals surface area contributed by atoms with Gasteiger partial charge in [-0.3, -0.25) is 4.79 Å². The second-order valence-corrected chi connectivity index (χ2v) is 3.83. The molecule has 1 rings (SSSR count). The summed E-state index contributed by atoms with van der Waals surface area (Å²) in [5.41, 5.74) is 0.260. The van der Waals surface area contributed by atoms with Crippen LogP contribution in [0.5, 0.6) is 11.5 Å². The predicted octanol–water partition coefficient (Wildman–Crippen LogP) is 3.09. The molecule has 0 aliphatic carbocycles. The first-order valence-electron chi connectivity index (χ1n) is 5.94. The fraction of sp³-hybridized carbons (Fsp3) is 0.462. The third-order valence-electron chi connectivity index (χ3n) is 2.40. The average Bonchev–Trinajstić information content (AvgIpc) is 2.35. The number of carbonyl (C=O) groups excluding carboxylic acids is 1. The van der Waals surface area contributed by atoms with Gasteiger partial charge in [-0.1, -0.05) is 6.07 Å². The smallest absolute Gasteiger partial charge is 0.497 e. The first-order valence-corrected chi connectivity index (χ1v) is 5.94. The summed E-state index contributed by atoms with van der Waals surface area (Å²) in [5, 5.41) is 0. The Kier molecular flexibility index (Phi) is 5.66. The molecular formula is C13H15F3O4.